The predicted octanol–water partition coefficient (Wildman–Crippen LogP) is 5.12. The molecule has 25 heavy (non-hydrogen) atoms. The van der Waals surface area contributed by atoms with Crippen LogP contribution < -0.4 is 0 Å². The van der Waals surface area contributed by atoms with E-state index in [0.29, 0.717) is 4.68 Å². The normalized spacial score (nSPS) is 11.9. The molecule has 0 aliphatic rings. The van der Waals surface area contributed by atoms with Crippen LogP contribution in [0.4, 0.5) is 17.6 Å². The van der Waals surface area contributed by atoms with Gasteiger partial charge in [0.25, 0.3) is 0 Å². The Bertz CT molecular complexity index is 832. The summed E-state index contributed by atoms with van der Waals surface area (Å²) in [6.07, 6.45) is -5.24. The largest absolute Gasteiger partial charge is 0.459 e. The predicted molar refractivity (Wildman–Crippen MR) is 84.2 cm³/mol. The van der Waals surface area contributed by atoms with Gasteiger partial charge in [0.2, 0.25) is 0 Å². The molecule has 1 heterocycles. The summed E-state index contributed by atoms with van der Waals surface area (Å²) in [6, 6.07) is 1.77. The summed E-state index contributed by atoms with van der Waals surface area (Å²) in [5, 5.41) is 2.61. The van der Waals surface area contributed by atoms with Crippen LogP contribution in [0.15, 0.2) is 12.1 Å². The molecule has 2 aromatic rings. The summed E-state index contributed by atoms with van der Waals surface area (Å²) in [6.45, 7) is 3.20. The van der Waals surface area contributed by atoms with Crippen molar-refractivity contribution in [2.75, 3.05) is 0 Å². The number of carbonyl (C=O) groups is 1. The van der Waals surface area contributed by atoms with E-state index in [2.05, 4.69) is 5.10 Å². The van der Waals surface area contributed by atoms with E-state index in [4.69, 9.17) is 27.9 Å². The molecule has 0 fully saturated rings. The number of aromatic nitrogens is 2. The lowest BCUT2D eigenvalue weighted by Crippen LogP contribution is -2.12. The molecule has 0 unspecified atom stereocenters. The van der Waals surface area contributed by atoms with Gasteiger partial charge in [0.15, 0.2) is 5.69 Å². The van der Waals surface area contributed by atoms with Crippen LogP contribution in [0.25, 0.3) is 11.3 Å². The van der Waals surface area contributed by atoms with Crippen LogP contribution in [-0.4, -0.2) is 21.9 Å². The maximum atomic E-state index is 14.2. The lowest BCUT2D eigenvalue weighted by atomic mass is 10.1. The lowest BCUT2D eigenvalue weighted by Gasteiger charge is -2.11. The number of hydrogen-bond donors (Lipinski definition) is 0. The fourth-order valence-electron chi connectivity index (χ4n) is 2.14. The first kappa shape index (κ1) is 19.5. The number of esters is 1. The molecule has 0 bridgehead atoms. The van der Waals surface area contributed by atoms with Gasteiger partial charge in [-0.05, 0) is 26.0 Å². The average Bonchev–Trinajstić information content (AvgIpc) is 2.72. The lowest BCUT2D eigenvalue weighted by molar-refractivity contribution is -0.143. The summed E-state index contributed by atoms with van der Waals surface area (Å²) < 4.78 is 58.8. The molecule has 0 spiro atoms. The van der Waals surface area contributed by atoms with Crippen molar-refractivity contribution in [2.45, 2.75) is 26.1 Å². The second-order valence-electron chi connectivity index (χ2n) is 5.40. The van der Waals surface area contributed by atoms with Crippen LogP contribution in [0.2, 0.25) is 10.0 Å². The molecule has 0 aliphatic heterocycles. The Kier molecular flexibility index (Phi) is 5.34. The van der Waals surface area contributed by atoms with Gasteiger partial charge < -0.3 is 4.74 Å². The summed E-state index contributed by atoms with van der Waals surface area (Å²) in [7, 11) is 1.03. The van der Waals surface area contributed by atoms with Crippen LogP contribution in [0.3, 0.4) is 0 Å². The molecule has 0 radical (unpaired) electrons. The topological polar surface area (TPSA) is 44.1 Å². The molecule has 0 atom stereocenters. The Morgan fingerprint density at radius 2 is 1.88 bits per heavy atom. The summed E-state index contributed by atoms with van der Waals surface area (Å²) in [4.78, 5) is 12.0. The second kappa shape index (κ2) is 6.84. The van der Waals surface area contributed by atoms with E-state index in [-0.39, 0.29) is 10.6 Å². The minimum atomic E-state index is -4.78. The maximum absolute atomic E-state index is 14.2. The molecule has 0 saturated carbocycles. The van der Waals surface area contributed by atoms with E-state index in [1.165, 1.54) is 0 Å². The molecule has 0 amide bonds. The van der Waals surface area contributed by atoms with Gasteiger partial charge in [-0.2, -0.15) is 18.3 Å². The zero-order valence-corrected chi connectivity index (χ0v) is 14.7. The highest BCUT2D eigenvalue weighted by Gasteiger charge is 2.39. The van der Waals surface area contributed by atoms with E-state index in [0.717, 1.165) is 19.2 Å². The molecule has 0 aliphatic carbocycles. The third kappa shape index (κ3) is 3.90. The molecule has 1 aromatic carbocycles. The zero-order chi connectivity index (χ0) is 19.1. The van der Waals surface area contributed by atoms with Crippen LogP contribution >= 0.6 is 23.2 Å². The Labute approximate surface area is 150 Å². The number of aryl methyl sites for hydroxylation is 1. The SMILES string of the molecule is CC(C)OC(=O)c1cc(-c2nn(C)c(C(F)(F)F)c2Cl)c(F)cc1Cl. The number of carbonyl (C=O) groups excluding carboxylic acids is 1. The molecule has 136 valence electrons. The molecular formula is C15H12Cl2F4N2O2. The Morgan fingerprint density at radius 1 is 1.28 bits per heavy atom. The van der Waals surface area contributed by atoms with Crippen molar-refractivity contribution >= 4 is 29.2 Å². The summed E-state index contributed by atoms with van der Waals surface area (Å²) in [5.41, 5.74) is -2.28. The van der Waals surface area contributed by atoms with E-state index >= 15 is 0 Å². The van der Waals surface area contributed by atoms with E-state index in [9.17, 15) is 22.4 Å². The number of rotatable bonds is 3. The maximum Gasteiger partial charge on any atom is 0.434 e. The van der Waals surface area contributed by atoms with Crippen molar-refractivity contribution in [2.24, 2.45) is 7.05 Å². The van der Waals surface area contributed by atoms with Gasteiger partial charge in [-0.25, -0.2) is 9.18 Å². The number of nitrogens with zero attached hydrogens (tertiary/aromatic N) is 2. The number of ether oxygens (including phenoxy) is 1. The Balaban J connectivity index is 2.63. The molecule has 1 aromatic heterocycles. The first-order chi connectivity index (χ1) is 11.4. The minimum absolute atomic E-state index is 0.206. The van der Waals surface area contributed by atoms with Crippen molar-refractivity contribution < 1.29 is 27.1 Å². The highest BCUT2D eigenvalue weighted by atomic mass is 35.5. The highest BCUT2D eigenvalue weighted by Crippen LogP contribution is 2.40. The van der Waals surface area contributed by atoms with Crippen LogP contribution in [0, 0.1) is 5.82 Å². The first-order valence-electron chi connectivity index (χ1n) is 6.93. The molecule has 0 saturated heterocycles. The summed E-state index contributed by atoms with van der Waals surface area (Å²) in [5.74, 6) is -1.82. The quantitative estimate of drug-likeness (QED) is 0.532. The van der Waals surface area contributed by atoms with Gasteiger partial charge in [-0.3, -0.25) is 4.68 Å². The number of alkyl halides is 3. The van der Waals surface area contributed by atoms with Gasteiger partial charge in [0.1, 0.15) is 11.5 Å². The van der Waals surface area contributed by atoms with Gasteiger partial charge in [-0.1, -0.05) is 23.2 Å². The summed E-state index contributed by atoms with van der Waals surface area (Å²) >= 11 is 11.6. The molecule has 10 heteroatoms. The van der Waals surface area contributed by atoms with Crippen molar-refractivity contribution in [3.8, 4) is 11.3 Å². The second-order valence-corrected chi connectivity index (χ2v) is 6.18. The van der Waals surface area contributed by atoms with Gasteiger partial charge in [-0.15, -0.1) is 0 Å². The fraction of sp³-hybridized carbons (Fsp3) is 0.333. The molecule has 2 rings (SSSR count). The fourth-order valence-corrected chi connectivity index (χ4v) is 2.74. The van der Waals surface area contributed by atoms with E-state index < -0.39 is 46.0 Å². The molecule has 0 N–H and O–H groups in total. The molecular weight excluding hydrogens is 387 g/mol. The van der Waals surface area contributed by atoms with Crippen LogP contribution in [-0.2, 0) is 18.0 Å². The number of halogens is 6. The minimum Gasteiger partial charge on any atom is -0.459 e. The third-order valence-corrected chi connectivity index (χ3v) is 3.80. The van der Waals surface area contributed by atoms with Crippen LogP contribution in [0.5, 0.6) is 0 Å². The third-order valence-electron chi connectivity index (χ3n) is 3.13. The monoisotopic (exact) mass is 398 g/mol. The van der Waals surface area contributed by atoms with Gasteiger partial charge >= 0.3 is 12.1 Å². The number of benzene rings is 1. The smallest absolute Gasteiger partial charge is 0.434 e. The zero-order valence-electron chi connectivity index (χ0n) is 13.2. The van der Waals surface area contributed by atoms with E-state index in [1.54, 1.807) is 13.8 Å². The Hall–Kier alpha value is -1.80. The van der Waals surface area contributed by atoms with Crippen molar-refractivity contribution in [1.29, 1.82) is 0 Å². The Morgan fingerprint density at radius 3 is 2.36 bits per heavy atom. The van der Waals surface area contributed by atoms with Gasteiger partial charge in [0, 0.05) is 12.6 Å². The highest BCUT2D eigenvalue weighted by molar-refractivity contribution is 6.34. The number of hydrogen-bond acceptors (Lipinski definition) is 3. The van der Waals surface area contributed by atoms with E-state index in [1.807, 2.05) is 0 Å². The average molecular weight is 399 g/mol. The van der Waals surface area contributed by atoms with Gasteiger partial charge in [0.05, 0.1) is 21.7 Å². The van der Waals surface area contributed by atoms with Crippen molar-refractivity contribution in [3.63, 3.8) is 0 Å². The first-order valence-corrected chi connectivity index (χ1v) is 7.69. The van der Waals surface area contributed by atoms with Crippen molar-refractivity contribution in [3.05, 3.63) is 39.3 Å². The van der Waals surface area contributed by atoms with Crippen LogP contribution in [0.1, 0.15) is 29.9 Å². The standard InChI is InChI=1S/C15H12Cl2F4N2O2/c1-6(2)25-14(24)7-4-8(10(18)5-9(7)16)12-11(17)13(15(19,20)21)23(3)22-12/h4-6H,1-3H3. The van der Waals surface area contributed by atoms with Crippen molar-refractivity contribution in [1.82, 2.24) is 9.78 Å². The molecule has 4 nitrogen and oxygen atoms in total.